The van der Waals surface area contributed by atoms with E-state index in [0.29, 0.717) is 5.92 Å². The lowest BCUT2D eigenvalue weighted by Crippen LogP contribution is -2.33. The van der Waals surface area contributed by atoms with Gasteiger partial charge in [0, 0.05) is 19.3 Å². The number of hydrogen-bond donors (Lipinski definition) is 2. The van der Waals surface area contributed by atoms with Gasteiger partial charge in [-0.2, -0.15) is 26.3 Å². The van der Waals surface area contributed by atoms with Gasteiger partial charge in [-0.3, -0.25) is 0 Å². The molecule has 0 aliphatic rings. The number of benzene rings is 2. The Morgan fingerprint density at radius 3 is 1.31 bits per heavy atom. The first-order valence-electron chi connectivity index (χ1n) is 10.2. The number of phenols is 2. The Kier molecular flexibility index (Phi) is 11.7. The molecule has 0 bridgehead atoms. The molecule has 2 aromatic rings. The van der Waals surface area contributed by atoms with Crippen molar-refractivity contribution >= 4 is 0 Å². The molecule has 1 atom stereocenters. The molecule has 2 nitrogen and oxygen atoms in total. The highest BCUT2D eigenvalue weighted by atomic mass is 19.4. The minimum Gasteiger partial charge on any atom is -0.508 e. The lowest BCUT2D eigenvalue weighted by molar-refractivity contribution is -0.111. The summed E-state index contributed by atoms with van der Waals surface area (Å²) >= 11 is 0. The Bertz CT molecular complexity index is 730. The molecule has 0 heterocycles. The highest BCUT2D eigenvalue weighted by Gasteiger charge is 2.36. The van der Waals surface area contributed by atoms with Gasteiger partial charge in [0.1, 0.15) is 11.5 Å². The molecule has 32 heavy (non-hydrogen) atoms. The van der Waals surface area contributed by atoms with E-state index in [0.717, 1.165) is 30.4 Å². The number of halogens is 6. The second kappa shape index (κ2) is 12.6. The van der Waals surface area contributed by atoms with Crippen LogP contribution in [0.3, 0.4) is 0 Å². The molecule has 8 heteroatoms. The van der Waals surface area contributed by atoms with Crippen LogP contribution in [0.5, 0.6) is 11.5 Å². The standard InChI is InChI=1S/C20H26O2.2C2H3F3/c1-4-8-15(5-2)20(3,16-9-6-11-18(21)13-16)17-10-7-12-19(22)14-17;2*1-2(3,4)5/h6-7,9-15,21-22H,4-5,8H2,1-3H3;2*1H3. The third-order valence-electron chi connectivity index (χ3n) is 4.84. The Morgan fingerprint density at radius 1 is 0.719 bits per heavy atom. The zero-order chi connectivity index (χ0) is 25.2. The summed E-state index contributed by atoms with van der Waals surface area (Å²) in [6.07, 6.45) is -4.72. The maximum absolute atomic E-state index is 10.4. The first-order chi connectivity index (χ1) is 14.5. The van der Waals surface area contributed by atoms with Gasteiger partial charge in [-0.1, -0.05) is 57.9 Å². The number of hydrogen-bond acceptors (Lipinski definition) is 2. The van der Waals surface area contributed by atoms with Crippen LogP contribution in [0.25, 0.3) is 0 Å². The highest BCUT2D eigenvalue weighted by molar-refractivity contribution is 5.44. The van der Waals surface area contributed by atoms with Gasteiger partial charge in [0.05, 0.1) is 0 Å². The molecule has 0 amide bonds. The SMILES string of the molecule is CC(F)(F)F.CC(F)(F)F.CCCC(CC)C(C)(c1cccc(O)c1)c1cccc(O)c1. The van der Waals surface area contributed by atoms with Crippen LogP contribution in [-0.4, -0.2) is 22.6 Å². The summed E-state index contributed by atoms with van der Waals surface area (Å²) in [4.78, 5) is 0. The fraction of sp³-hybridized carbons (Fsp3) is 0.500. The molecule has 0 fully saturated rings. The second-order valence-electron chi connectivity index (χ2n) is 7.76. The van der Waals surface area contributed by atoms with Crippen molar-refractivity contribution in [2.45, 2.75) is 71.6 Å². The summed E-state index contributed by atoms with van der Waals surface area (Å²) in [6, 6.07) is 15.0. The molecule has 0 spiro atoms. The Labute approximate surface area is 185 Å². The molecule has 0 saturated heterocycles. The lowest BCUT2D eigenvalue weighted by atomic mass is 9.65. The van der Waals surface area contributed by atoms with Crippen molar-refractivity contribution in [1.82, 2.24) is 0 Å². The van der Waals surface area contributed by atoms with Crippen LogP contribution in [0.1, 0.15) is 65.0 Å². The molecule has 2 rings (SSSR count). The molecule has 2 aromatic carbocycles. The minimum atomic E-state index is -4.00. The van der Waals surface area contributed by atoms with Gasteiger partial charge in [0.15, 0.2) is 0 Å². The molecule has 0 aliphatic heterocycles. The Hall–Kier alpha value is -2.38. The topological polar surface area (TPSA) is 40.5 Å². The van der Waals surface area contributed by atoms with Crippen molar-refractivity contribution < 1.29 is 36.6 Å². The molecule has 2 N–H and O–H groups in total. The zero-order valence-electron chi connectivity index (χ0n) is 19.0. The van der Waals surface area contributed by atoms with E-state index in [9.17, 15) is 36.6 Å². The first kappa shape index (κ1) is 29.6. The number of alkyl halides is 6. The van der Waals surface area contributed by atoms with Crippen molar-refractivity contribution in [3.05, 3.63) is 59.7 Å². The summed E-state index contributed by atoms with van der Waals surface area (Å²) in [7, 11) is 0. The van der Waals surface area contributed by atoms with Gasteiger partial charge >= 0.3 is 12.4 Å². The molecule has 0 aromatic heterocycles. The van der Waals surface area contributed by atoms with Crippen LogP contribution >= 0.6 is 0 Å². The quantitative estimate of drug-likeness (QED) is 0.420. The number of phenolic OH excluding ortho intramolecular Hbond substituents is 2. The van der Waals surface area contributed by atoms with Crippen molar-refractivity contribution in [1.29, 1.82) is 0 Å². The molecule has 0 saturated carbocycles. The predicted octanol–water partition coefficient (Wildman–Crippen LogP) is 8.37. The van der Waals surface area contributed by atoms with E-state index in [4.69, 9.17) is 0 Å². The molecular formula is C24H32F6O2. The third kappa shape index (κ3) is 11.9. The lowest BCUT2D eigenvalue weighted by Gasteiger charge is -2.39. The van der Waals surface area contributed by atoms with Crippen LogP contribution < -0.4 is 0 Å². The molecule has 182 valence electrons. The number of aromatic hydroxyl groups is 2. The van der Waals surface area contributed by atoms with E-state index in [1.807, 2.05) is 24.3 Å². The number of rotatable bonds is 6. The average Bonchev–Trinajstić information content (AvgIpc) is 2.63. The van der Waals surface area contributed by atoms with Gasteiger partial charge < -0.3 is 10.2 Å². The van der Waals surface area contributed by atoms with E-state index in [2.05, 4.69) is 32.9 Å². The van der Waals surface area contributed by atoms with E-state index < -0.39 is 12.4 Å². The molecule has 0 aliphatic carbocycles. The summed E-state index contributed by atoms with van der Waals surface area (Å²) in [6.45, 7) is 7.01. The fourth-order valence-electron chi connectivity index (χ4n) is 3.55. The predicted molar refractivity (Wildman–Crippen MR) is 115 cm³/mol. The van der Waals surface area contributed by atoms with Crippen molar-refractivity contribution in [3.63, 3.8) is 0 Å². The van der Waals surface area contributed by atoms with Crippen molar-refractivity contribution in [2.75, 3.05) is 0 Å². The van der Waals surface area contributed by atoms with Gasteiger partial charge in [0.25, 0.3) is 0 Å². The van der Waals surface area contributed by atoms with Gasteiger partial charge in [-0.05, 0) is 47.7 Å². The second-order valence-corrected chi connectivity index (χ2v) is 7.76. The van der Waals surface area contributed by atoms with E-state index >= 15 is 0 Å². The highest BCUT2D eigenvalue weighted by Crippen LogP contribution is 2.44. The van der Waals surface area contributed by atoms with E-state index in [1.165, 1.54) is 0 Å². The molecular weight excluding hydrogens is 434 g/mol. The van der Waals surface area contributed by atoms with Gasteiger partial charge in [-0.15, -0.1) is 0 Å². The average molecular weight is 467 g/mol. The summed E-state index contributed by atoms with van der Waals surface area (Å²) in [5.74, 6) is 1.02. The molecule has 0 radical (unpaired) electrons. The molecule has 1 unspecified atom stereocenters. The summed E-state index contributed by atoms with van der Waals surface area (Å²) in [5.41, 5.74) is 1.96. The van der Waals surface area contributed by atoms with E-state index in [1.54, 1.807) is 12.1 Å². The van der Waals surface area contributed by atoms with Gasteiger partial charge in [-0.25, -0.2) is 0 Å². The van der Waals surface area contributed by atoms with Crippen LogP contribution in [-0.2, 0) is 5.41 Å². The smallest absolute Gasteiger partial charge is 0.386 e. The van der Waals surface area contributed by atoms with Crippen LogP contribution in [0.4, 0.5) is 26.3 Å². The summed E-state index contributed by atoms with van der Waals surface area (Å²) < 4.78 is 62.1. The largest absolute Gasteiger partial charge is 0.508 e. The normalized spacial score (nSPS) is 12.7. The maximum Gasteiger partial charge on any atom is 0.386 e. The Balaban J connectivity index is 0.000000805. The van der Waals surface area contributed by atoms with Gasteiger partial charge in [0.2, 0.25) is 0 Å². The first-order valence-corrected chi connectivity index (χ1v) is 10.2. The monoisotopic (exact) mass is 466 g/mol. The zero-order valence-corrected chi connectivity index (χ0v) is 19.0. The van der Waals surface area contributed by atoms with Crippen molar-refractivity contribution in [3.8, 4) is 11.5 Å². The van der Waals surface area contributed by atoms with Crippen LogP contribution in [0.2, 0.25) is 0 Å². The van der Waals surface area contributed by atoms with Crippen LogP contribution in [0.15, 0.2) is 48.5 Å². The fourth-order valence-corrected chi connectivity index (χ4v) is 3.55. The van der Waals surface area contributed by atoms with Crippen molar-refractivity contribution in [2.24, 2.45) is 5.92 Å². The van der Waals surface area contributed by atoms with Crippen LogP contribution in [0, 0.1) is 5.92 Å². The summed E-state index contributed by atoms with van der Waals surface area (Å²) in [5, 5.41) is 19.8. The third-order valence-corrected chi connectivity index (χ3v) is 4.84. The maximum atomic E-state index is 10.4. The minimum absolute atomic E-state index is 0.188. The van der Waals surface area contributed by atoms with E-state index in [-0.39, 0.29) is 30.8 Å². The Morgan fingerprint density at radius 2 is 1.06 bits per heavy atom.